The van der Waals surface area contributed by atoms with Gasteiger partial charge in [-0.3, -0.25) is 0 Å². The van der Waals surface area contributed by atoms with E-state index >= 15 is 0 Å². The van der Waals surface area contributed by atoms with Gasteiger partial charge in [0.05, 0.1) is 18.8 Å². The van der Waals surface area contributed by atoms with Gasteiger partial charge in [0.25, 0.3) is 0 Å². The Morgan fingerprint density at radius 3 is 2.63 bits per heavy atom. The van der Waals surface area contributed by atoms with Crippen LogP contribution in [0.15, 0.2) is 11.5 Å². The number of ether oxygens (including phenoxy) is 1. The fourth-order valence-electron chi connectivity index (χ4n) is 3.89. The van der Waals surface area contributed by atoms with E-state index in [1.54, 1.807) is 0 Å². The Kier molecular flexibility index (Phi) is 3.66. The smallest absolute Gasteiger partial charge is 0.203 e. The van der Waals surface area contributed by atoms with Crippen LogP contribution in [0.2, 0.25) is 0 Å². The lowest BCUT2D eigenvalue weighted by molar-refractivity contribution is -0.183. The van der Waals surface area contributed by atoms with Crippen molar-refractivity contribution < 1.29 is 9.84 Å². The van der Waals surface area contributed by atoms with Crippen molar-refractivity contribution in [3.05, 3.63) is 22.9 Å². The number of hydrogen-bond donors (Lipinski definition) is 1. The van der Waals surface area contributed by atoms with Crippen LogP contribution in [-0.4, -0.2) is 17.3 Å². The third-order valence-electron chi connectivity index (χ3n) is 5.20. The topological polar surface area (TPSA) is 33.8 Å². The molecule has 1 saturated heterocycles. The molecule has 19 heavy (non-hydrogen) atoms. The molecule has 0 bridgehead atoms. The van der Waals surface area contributed by atoms with Gasteiger partial charge in [-0.05, 0) is 37.5 Å². The number of aliphatic hydroxyl groups excluding tert-OH is 1. The fraction of sp³-hybridized carbons (Fsp3) is 0.812. The molecule has 3 atom stereocenters. The molecule has 0 saturated carbocycles. The minimum atomic E-state index is -0.456. The second kappa shape index (κ2) is 4.83. The molecule has 1 heterocycles. The molecule has 0 spiro atoms. The Morgan fingerprint density at radius 1 is 1.42 bits per heavy atom. The Balaban J connectivity index is 2.46. The highest BCUT2D eigenvalue weighted by molar-refractivity contribution is 5.29. The number of aliphatic hydroxyl groups is 1. The largest absolute Gasteiger partial charge is 0.523 e. The lowest BCUT2D eigenvalue weighted by atomic mass is 9.58. The summed E-state index contributed by atoms with van der Waals surface area (Å²) in [5.74, 6) is 0.244. The standard InChI is InChI=1S/C16H25NO2/c1-6-11-8-9-16(7-2)10-12(17-5)13(18)15(3,4)14(16)19-11/h11,14,18H,6-10H2,1-4H3/t11-,14-,16-/m0/s1. The molecule has 0 aromatic heterocycles. The van der Waals surface area contributed by atoms with Gasteiger partial charge in [-0.15, -0.1) is 0 Å². The van der Waals surface area contributed by atoms with Crippen LogP contribution in [0, 0.1) is 17.4 Å². The molecule has 0 unspecified atom stereocenters. The van der Waals surface area contributed by atoms with E-state index in [0.29, 0.717) is 18.2 Å². The van der Waals surface area contributed by atoms with Gasteiger partial charge in [0, 0.05) is 5.41 Å². The number of nitrogens with zero attached hydrogens (tertiary/aromatic N) is 1. The molecule has 1 N–H and O–H groups in total. The zero-order chi connectivity index (χ0) is 14.3. The van der Waals surface area contributed by atoms with Gasteiger partial charge in [0.2, 0.25) is 5.70 Å². The van der Waals surface area contributed by atoms with E-state index in [0.717, 1.165) is 25.7 Å². The van der Waals surface area contributed by atoms with Crippen LogP contribution in [0.5, 0.6) is 0 Å². The summed E-state index contributed by atoms with van der Waals surface area (Å²) in [7, 11) is 0. The van der Waals surface area contributed by atoms with Crippen molar-refractivity contribution in [2.45, 2.75) is 72.0 Å². The number of hydrogen-bond acceptors (Lipinski definition) is 2. The molecule has 2 aliphatic rings. The summed E-state index contributed by atoms with van der Waals surface area (Å²) < 4.78 is 6.32. The second-order valence-electron chi connectivity index (χ2n) is 6.61. The summed E-state index contributed by atoms with van der Waals surface area (Å²) >= 11 is 0. The molecule has 106 valence electrons. The minimum Gasteiger partial charge on any atom is -0.523 e. The predicted octanol–water partition coefficient (Wildman–Crippen LogP) is 4.46. The Morgan fingerprint density at radius 2 is 2.11 bits per heavy atom. The zero-order valence-corrected chi connectivity index (χ0v) is 12.5. The average Bonchev–Trinajstić information content (AvgIpc) is 2.42. The summed E-state index contributed by atoms with van der Waals surface area (Å²) in [4.78, 5) is 3.57. The second-order valence-corrected chi connectivity index (χ2v) is 6.61. The van der Waals surface area contributed by atoms with E-state index in [9.17, 15) is 5.11 Å². The lowest BCUT2D eigenvalue weighted by Gasteiger charge is -2.55. The van der Waals surface area contributed by atoms with Crippen LogP contribution < -0.4 is 0 Å². The lowest BCUT2D eigenvalue weighted by Crippen LogP contribution is -2.55. The summed E-state index contributed by atoms with van der Waals surface area (Å²) in [5, 5.41) is 10.4. The third kappa shape index (κ3) is 2.07. The molecule has 0 amide bonds. The van der Waals surface area contributed by atoms with Crippen molar-refractivity contribution >= 4 is 0 Å². The Bertz CT molecular complexity index is 433. The molecule has 1 fully saturated rings. The highest BCUT2D eigenvalue weighted by Crippen LogP contribution is 2.56. The van der Waals surface area contributed by atoms with Gasteiger partial charge in [-0.1, -0.05) is 27.7 Å². The van der Waals surface area contributed by atoms with Gasteiger partial charge in [-0.25, -0.2) is 4.85 Å². The van der Waals surface area contributed by atoms with Crippen LogP contribution in [0.4, 0.5) is 0 Å². The van der Waals surface area contributed by atoms with E-state index in [-0.39, 0.29) is 17.3 Å². The highest BCUT2D eigenvalue weighted by Gasteiger charge is 2.55. The summed E-state index contributed by atoms with van der Waals surface area (Å²) in [5.41, 5.74) is 0.116. The van der Waals surface area contributed by atoms with E-state index in [1.807, 2.05) is 13.8 Å². The van der Waals surface area contributed by atoms with Crippen LogP contribution in [0.25, 0.3) is 4.85 Å². The molecular weight excluding hydrogens is 238 g/mol. The number of allylic oxidation sites excluding steroid dienone is 1. The van der Waals surface area contributed by atoms with Gasteiger partial charge in [0.15, 0.2) is 0 Å². The number of rotatable bonds is 2. The third-order valence-corrected chi connectivity index (χ3v) is 5.20. The molecular formula is C16H25NO2. The molecule has 3 nitrogen and oxygen atoms in total. The highest BCUT2D eigenvalue weighted by atomic mass is 16.5. The van der Waals surface area contributed by atoms with Crippen LogP contribution >= 0.6 is 0 Å². The molecule has 1 aliphatic carbocycles. The quantitative estimate of drug-likeness (QED) is 0.746. The monoisotopic (exact) mass is 263 g/mol. The van der Waals surface area contributed by atoms with E-state index < -0.39 is 5.41 Å². The van der Waals surface area contributed by atoms with Gasteiger partial charge >= 0.3 is 0 Å². The summed E-state index contributed by atoms with van der Waals surface area (Å²) in [6.07, 6.45) is 5.19. The SMILES string of the molecule is [C-]#[N+]C1=C(O)C(C)(C)[C@@H]2O[C@@H](CC)CC[C@@]2(CC)C1. The first-order valence-electron chi connectivity index (χ1n) is 7.36. The van der Waals surface area contributed by atoms with E-state index in [1.165, 1.54) is 0 Å². The average molecular weight is 263 g/mol. The predicted molar refractivity (Wildman–Crippen MR) is 75.6 cm³/mol. The first-order chi connectivity index (χ1) is 8.91. The molecule has 0 radical (unpaired) electrons. The Hall–Kier alpha value is -1.01. The van der Waals surface area contributed by atoms with E-state index in [2.05, 4.69) is 18.7 Å². The van der Waals surface area contributed by atoms with Gasteiger partial charge < -0.3 is 9.84 Å². The minimum absolute atomic E-state index is 0.0224. The normalized spacial score (nSPS) is 37.6. The first kappa shape index (κ1) is 14.4. The number of fused-ring (bicyclic) bond motifs is 1. The van der Waals surface area contributed by atoms with Crippen LogP contribution in [-0.2, 0) is 4.74 Å². The van der Waals surface area contributed by atoms with Crippen LogP contribution in [0.1, 0.15) is 59.8 Å². The zero-order valence-electron chi connectivity index (χ0n) is 12.5. The maximum atomic E-state index is 10.4. The first-order valence-corrected chi connectivity index (χ1v) is 7.36. The van der Waals surface area contributed by atoms with Crippen molar-refractivity contribution in [2.75, 3.05) is 0 Å². The van der Waals surface area contributed by atoms with Crippen molar-refractivity contribution in [3.8, 4) is 0 Å². The molecule has 1 aliphatic heterocycles. The fourth-order valence-corrected chi connectivity index (χ4v) is 3.89. The molecule has 0 aromatic rings. The maximum Gasteiger partial charge on any atom is 0.203 e. The van der Waals surface area contributed by atoms with Crippen LogP contribution in [0.3, 0.4) is 0 Å². The Labute approximate surface area is 116 Å². The summed E-state index contributed by atoms with van der Waals surface area (Å²) in [6.45, 7) is 15.7. The van der Waals surface area contributed by atoms with Gasteiger partial charge in [0.1, 0.15) is 5.76 Å². The van der Waals surface area contributed by atoms with Crippen molar-refractivity contribution in [3.63, 3.8) is 0 Å². The molecule has 2 rings (SSSR count). The van der Waals surface area contributed by atoms with Crippen molar-refractivity contribution in [2.24, 2.45) is 10.8 Å². The molecule has 3 heteroatoms. The van der Waals surface area contributed by atoms with E-state index in [4.69, 9.17) is 11.3 Å². The summed E-state index contributed by atoms with van der Waals surface area (Å²) in [6, 6.07) is 0. The van der Waals surface area contributed by atoms with Crippen molar-refractivity contribution in [1.82, 2.24) is 0 Å². The van der Waals surface area contributed by atoms with Gasteiger partial charge in [-0.2, -0.15) is 0 Å². The maximum absolute atomic E-state index is 10.4. The van der Waals surface area contributed by atoms with Crippen molar-refractivity contribution in [1.29, 1.82) is 0 Å². The molecule has 0 aromatic carbocycles.